The second-order valence-corrected chi connectivity index (χ2v) is 5.44. The molecule has 0 radical (unpaired) electrons. The molecule has 1 amide bonds. The highest BCUT2D eigenvalue weighted by Crippen LogP contribution is 2.53. The number of carboxylic acid groups (broad SMARTS) is 1. The van der Waals surface area contributed by atoms with Crippen LogP contribution in [0, 0.1) is 11.8 Å². The van der Waals surface area contributed by atoms with Crippen LogP contribution in [0.5, 0.6) is 0 Å². The topological polar surface area (TPSA) is 66.8 Å². The molecular weight excluding hydrogens is 222 g/mol. The number of hydrogen-bond acceptors (Lipinski definition) is 3. The molecule has 1 saturated carbocycles. The number of carbonyl (C=O) groups is 2. The quantitative estimate of drug-likeness (QED) is 0.685. The molecule has 1 aliphatic carbocycles. The number of likely N-dealkylation sites (tertiary alicyclic amines) is 1. The minimum absolute atomic E-state index is 0.0215. The zero-order chi connectivity index (χ0) is 11.8. The lowest BCUT2D eigenvalue weighted by atomic mass is 9.77. The lowest BCUT2D eigenvalue weighted by Crippen LogP contribution is -2.39. The molecule has 4 rings (SSSR count). The summed E-state index contributed by atoms with van der Waals surface area (Å²) in [5.41, 5.74) is -0.645. The van der Waals surface area contributed by atoms with Gasteiger partial charge in [-0.3, -0.25) is 9.59 Å². The number of carbonyl (C=O) groups excluding carboxylic acids is 1. The summed E-state index contributed by atoms with van der Waals surface area (Å²) in [6, 6.07) is 0.327. The Hall–Kier alpha value is -1.36. The lowest BCUT2D eigenvalue weighted by molar-refractivity contribution is -0.148. The summed E-state index contributed by atoms with van der Waals surface area (Å²) in [6.07, 6.45) is 5.38. The van der Waals surface area contributed by atoms with Crippen molar-refractivity contribution in [3.63, 3.8) is 0 Å². The molecule has 0 aromatic carbocycles. The molecule has 3 aliphatic heterocycles. The Kier molecular flexibility index (Phi) is 1.54. The van der Waals surface area contributed by atoms with Gasteiger partial charge in [0.1, 0.15) is 11.5 Å². The molecule has 2 bridgehead atoms. The van der Waals surface area contributed by atoms with Crippen molar-refractivity contribution in [1.29, 1.82) is 0 Å². The zero-order valence-electron chi connectivity index (χ0n) is 9.20. The number of ether oxygens (including phenoxy) is 1. The highest BCUT2D eigenvalue weighted by Gasteiger charge is 2.68. The summed E-state index contributed by atoms with van der Waals surface area (Å²) < 4.78 is 5.78. The maximum atomic E-state index is 12.3. The average Bonchev–Trinajstić information content (AvgIpc) is 2.89. The lowest BCUT2D eigenvalue weighted by Gasteiger charge is -2.21. The Balaban J connectivity index is 1.76. The molecule has 3 fully saturated rings. The first-order chi connectivity index (χ1) is 8.12. The van der Waals surface area contributed by atoms with Gasteiger partial charge in [-0.25, -0.2) is 0 Å². The van der Waals surface area contributed by atoms with Crippen LogP contribution in [-0.2, 0) is 14.3 Å². The summed E-state index contributed by atoms with van der Waals surface area (Å²) in [6.45, 7) is 0.540. The third-order valence-electron chi connectivity index (χ3n) is 4.40. The number of hydrogen-bond donors (Lipinski definition) is 1. The van der Waals surface area contributed by atoms with Gasteiger partial charge in [0, 0.05) is 6.04 Å². The van der Waals surface area contributed by atoms with Crippen LogP contribution in [0.15, 0.2) is 12.2 Å². The number of rotatable bonds is 2. The molecule has 17 heavy (non-hydrogen) atoms. The van der Waals surface area contributed by atoms with Gasteiger partial charge >= 0.3 is 5.97 Å². The van der Waals surface area contributed by atoms with Gasteiger partial charge in [-0.2, -0.15) is 0 Å². The number of aliphatic carboxylic acids is 1. The van der Waals surface area contributed by atoms with Gasteiger partial charge in [0.15, 0.2) is 0 Å². The molecule has 5 heteroatoms. The number of fused-ring (bicyclic) bond motifs is 1. The molecule has 0 unspecified atom stereocenters. The Morgan fingerprint density at radius 1 is 1.53 bits per heavy atom. The van der Waals surface area contributed by atoms with Gasteiger partial charge in [-0.15, -0.1) is 0 Å². The van der Waals surface area contributed by atoms with E-state index in [-0.39, 0.29) is 5.91 Å². The van der Waals surface area contributed by atoms with Crippen molar-refractivity contribution in [3.8, 4) is 0 Å². The highest BCUT2D eigenvalue weighted by atomic mass is 16.5. The van der Waals surface area contributed by atoms with Gasteiger partial charge in [-0.05, 0) is 12.8 Å². The fourth-order valence-corrected chi connectivity index (χ4v) is 3.51. The summed E-state index contributed by atoms with van der Waals surface area (Å²) in [5, 5.41) is 9.25. The van der Waals surface area contributed by atoms with E-state index in [1.165, 1.54) is 0 Å². The monoisotopic (exact) mass is 235 g/mol. The summed E-state index contributed by atoms with van der Waals surface area (Å²) in [4.78, 5) is 25.4. The van der Waals surface area contributed by atoms with E-state index < -0.39 is 29.5 Å². The first-order valence-corrected chi connectivity index (χ1v) is 6.03. The largest absolute Gasteiger partial charge is 0.481 e. The van der Waals surface area contributed by atoms with Crippen LogP contribution in [0.4, 0.5) is 0 Å². The summed E-state index contributed by atoms with van der Waals surface area (Å²) >= 11 is 0. The van der Waals surface area contributed by atoms with Crippen molar-refractivity contribution in [3.05, 3.63) is 12.2 Å². The van der Waals surface area contributed by atoms with Crippen LogP contribution in [0.2, 0.25) is 0 Å². The molecule has 0 aromatic rings. The third kappa shape index (κ3) is 1.03. The van der Waals surface area contributed by atoms with Crippen molar-refractivity contribution in [1.82, 2.24) is 4.90 Å². The van der Waals surface area contributed by atoms with E-state index in [4.69, 9.17) is 4.74 Å². The van der Waals surface area contributed by atoms with Crippen LogP contribution >= 0.6 is 0 Å². The number of amides is 1. The number of nitrogens with zero attached hydrogens (tertiary/aromatic N) is 1. The normalized spacial score (nSPS) is 46.7. The van der Waals surface area contributed by atoms with E-state index in [1.54, 1.807) is 6.08 Å². The maximum absolute atomic E-state index is 12.3. The predicted molar refractivity (Wildman–Crippen MR) is 56.1 cm³/mol. The van der Waals surface area contributed by atoms with Crippen molar-refractivity contribution < 1.29 is 19.4 Å². The smallest absolute Gasteiger partial charge is 0.310 e. The third-order valence-corrected chi connectivity index (χ3v) is 4.40. The fourth-order valence-electron chi connectivity index (χ4n) is 3.51. The van der Waals surface area contributed by atoms with E-state index in [1.807, 2.05) is 11.0 Å². The second kappa shape index (κ2) is 2.72. The molecule has 5 nitrogen and oxygen atoms in total. The summed E-state index contributed by atoms with van der Waals surface area (Å²) in [5.74, 6) is -2.14. The first kappa shape index (κ1) is 9.65. The van der Waals surface area contributed by atoms with E-state index >= 15 is 0 Å². The van der Waals surface area contributed by atoms with Crippen LogP contribution in [0.25, 0.3) is 0 Å². The van der Waals surface area contributed by atoms with E-state index in [2.05, 4.69) is 0 Å². The van der Waals surface area contributed by atoms with Crippen molar-refractivity contribution >= 4 is 11.9 Å². The van der Waals surface area contributed by atoms with Gasteiger partial charge < -0.3 is 14.7 Å². The average molecular weight is 235 g/mol. The van der Waals surface area contributed by atoms with Crippen molar-refractivity contribution in [2.24, 2.45) is 11.8 Å². The SMILES string of the molecule is O=C(O)[C@H]1[C@H]2C(=O)N(C3CC3)C[C@@]23C=C[C@H]1O3. The van der Waals surface area contributed by atoms with Gasteiger partial charge in [0.2, 0.25) is 5.91 Å². The van der Waals surface area contributed by atoms with E-state index in [0.717, 1.165) is 12.8 Å². The molecule has 1 N–H and O–H groups in total. The molecule has 4 atom stereocenters. The number of carboxylic acids is 1. The Morgan fingerprint density at radius 3 is 2.94 bits per heavy atom. The van der Waals surface area contributed by atoms with Crippen LogP contribution in [0.1, 0.15) is 12.8 Å². The predicted octanol–water partition coefficient (Wildman–Crippen LogP) is 0.0154. The van der Waals surface area contributed by atoms with Gasteiger partial charge in [0.05, 0.1) is 18.6 Å². The van der Waals surface area contributed by atoms with Crippen molar-refractivity contribution in [2.75, 3.05) is 6.54 Å². The Labute approximate surface area is 98.0 Å². The highest BCUT2D eigenvalue weighted by molar-refractivity contribution is 5.91. The van der Waals surface area contributed by atoms with Crippen molar-refractivity contribution in [2.45, 2.75) is 30.6 Å². The van der Waals surface area contributed by atoms with Gasteiger partial charge in [0.25, 0.3) is 0 Å². The van der Waals surface area contributed by atoms with Crippen LogP contribution < -0.4 is 0 Å². The molecule has 2 saturated heterocycles. The molecule has 4 aliphatic rings. The van der Waals surface area contributed by atoms with Crippen LogP contribution in [-0.4, -0.2) is 46.2 Å². The maximum Gasteiger partial charge on any atom is 0.310 e. The molecule has 3 heterocycles. The van der Waals surface area contributed by atoms with Crippen LogP contribution in [0.3, 0.4) is 0 Å². The molecule has 90 valence electrons. The molecule has 1 spiro atoms. The fraction of sp³-hybridized carbons (Fsp3) is 0.667. The minimum Gasteiger partial charge on any atom is -0.481 e. The van der Waals surface area contributed by atoms with Gasteiger partial charge in [-0.1, -0.05) is 12.2 Å². The Bertz CT molecular complexity index is 455. The standard InChI is InChI=1S/C12H13NO4/c14-10-9-8(11(15)16)7-3-4-12(9,17-7)5-13(10)6-1-2-6/h3-4,6-9H,1-2,5H2,(H,15,16)/t7-,8-,9+,12+/m1/s1. The summed E-state index contributed by atoms with van der Waals surface area (Å²) in [7, 11) is 0. The zero-order valence-corrected chi connectivity index (χ0v) is 9.20. The van der Waals surface area contributed by atoms with E-state index in [0.29, 0.717) is 12.6 Å². The van der Waals surface area contributed by atoms with E-state index in [9.17, 15) is 14.7 Å². The Morgan fingerprint density at radius 2 is 2.29 bits per heavy atom. The molecule has 0 aromatic heterocycles. The first-order valence-electron chi connectivity index (χ1n) is 6.03. The minimum atomic E-state index is -0.919. The second-order valence-electron chi connectivity index (χ2n) is 5.44. The molecular formula is C12H13NO4.